The van der Waals surface area contributed by atoms with Crippen molar-refractivity contribution in [3.05, 3.63) is 47.7 Å². The highest BCUT2D eigenvalue weighted by atomic mass is 15.0. The van der Waals surface area contributed by atoms with Crippen LogP contribution in [0.5, 0.6) is 0 Å². The maximum atomic E-state index is 8.90. The van der Waals surface area contributed by atoms with Gasteiger partial charge in [-0.2, -0.15) is 5.26 Å². The van der Waals surface area contributed by atoms with E-state index in [1.807, 2.05) is 30.5 Å². The van der Waals surface area contributed by atoms with Gasteiger partial charge in [-0.15, -0.1) is 0 Å². The van der Waals surface area contributed by atoms with Crippen LogP contribution in [-0.2, 0) is 0 Å². The van der Waals surface area contributed by atoms with E-state index in [0.29, 0.717) is 12.1 Å². The Labute approximate surface area is 82.4 Å². The molecule has 0 fully saturated rings. The van der Waals surface area contributed by atoms with E-state index in [0.717, 1.165) is 11.4 Å². The van der Waals surface area contributed by atoms with E-state index in [2.05, 4.69) is 16.4 Å². The zero-order valence-corrected chi connectivity index (χ0v) is 7.57. The molecule has 1 heterocycles. The summed E-state index contributed by atoms with van der Waals surface area (Å²) in [5.74, 6) is 0.768. The molecule has 1 N–H and O–H groups in total. The molecule has 0 saturated carbocycles. The Morgan fingerprint density at radius 2 is 2.21 bits per heavy atom. The summed E-state index contributed by atoms with van der Waals surface area (Å²) < 4.78 is 0. The second-order valence-corrected chi connectivity index (χ2v) is 2.89. The van der Waals surface area contributed by atoms with Gasteiger partial charge in [-0.25, -0.2) is 0 Å². The Hall–Kier alpha value is -2.08. The van der Waals surface area contributed by atoms with Crippen LogP contribution in [0.4, 0.5) is 0 Å². The molecule has 0 aliphatic carbocycles. The number of amidine groups is 1. The first-order valence-electron chi connectivity index (χ1n) is 4.37. The first kappa shape index (κ1) is 8.52. The van der Waals surface area contributed by atoms with Crippen molar-refractivity contribution in [3.63, 3.8) is 0 Å². The van der Waals surface area contributed by atoms with Gasteiger partial charge in [0.1, 0.15) is 5.84 Å². The van der Waals surface area contributed by atoms with Gasteiger partial charge in [0, 0.05) is 11.8 Å². The number of nitriles is 1. The first-order chi connectivity index (χ1) is 6.92. The molecule has 1 aliphatic rings. The van der Waals surface area contributed by atoms with Crippen LogP contribution < -0.4 is 5.32 Å². The van der Waals surface area contributed by atoms with Crippen molar-refractivity contribution < 1.29 is 0 Å². The van der Waals surface area contributed by atoms with Crippen LogP contribution in [0.25, 0.3) is 0 Å². The van der Waals surface area contributed by atoms with E-state index in [9.17, 15) is 0 Å². The topological polar surface area (TPSA) is 48.2 Å². The molecule has 0 spiro atoms. The van der Waals surface area contributed by atoms with Gasteiger partial charge < -0.3 is 5.32 Å². The van der Waals surface area contributed by atoms with E-state index in [1.54, 1.807) is 6.07 Å². The van der Waals surface area contributed by atoms with Crippen LogP contribution >= 0.6 is 0 Å². The fourth-order valence-electron chi connectivity index (χ4n) is 1.33. The van der Waals surface area contributed by atoms with Crippen molar-refractivity contribution in [1.29, 1.82) is 5.26 Å². The Balaban J connectivity index is 2.41. The molecule has 3 nitrogen and oxygen atoms in total. The second kappa shape index (κ2) is 3.75. The zero-order chi connectivity index (χ0) is 9.80. The van der Waals surface area contributed by atoms with E-state index in [4.69, 9.17) is 5.26 Å². The fraction of sp³-hybridized carbons (Fsp3) is 0.0909. The van der Waals surface area contributed by atoms with Gasteiger partial charge in [-0.05, 0) is 18.2 Å². The Bertz CT molecular complexity index is 438. The summed E-state index contributed by atoms with van der Waals surface area (Å²) in [4.78, 5) is 4.28. The van der Waals surface area contributed by atoms with Crippen LogP contribution in [0.15, 0.2) is 41.5 Å². The molecule has 0 bridgehead atoms. The van der Waals surface area contributed by atoms with Crippen molar-refractivity contribution in [2.24, 2.45) is 4.99 Å². The van der Waals surface area contributed by atoms with E-state index >= 15 is 0 Å². The molecule has 0 radical (unpaired) electrons. The van der Waals surface area contributed by atoms with Gasteiger partial charge in [0.15, 0.2) is 0 Å². The summed E-state index contributed by atoms with van der Waals surface area (Å²) in [5.41, 5.74) is 1.51. The van der Waals surface area contributed by atoms with Crippen molar-refractivity contribution in [2.45, 2.75) is 0 Å². The predicted octanol–water partition coefficient (Wildman–Crippen LogP) is 1.42. The fourth-order valence-corrected chi connectivity index (χ4v) is 1.33. The molecular weight excluding hydrogens is 174 g/mol. The largest absolute Gasteiger partial charge is 0.347 e. The maximum absolute atomic E-state index is 8.90. The lowest BCUT2D eigenvalue weighted by Crippen LogP contribution is -2.22. The van der Waals surface area contributed by atoms with Gasteiger partial charge in [-0.3, -0.25) is 4.99 Å². The Kier molecular flexibility index (Phi) is 2.28. The average molecular weight is 183 g/mol. The minimum absolute atomic E-state index is 0.647. The van der Waals surface area contributed by atoms with Gasteiger partial charge in [0.2, 0.25) is 0 Å². The normalized spacial score (nSPS) is 14.1. The third-order valence-corrected chi connectivity index (χ3v) is 2.00. The number of hydrogen-bond acceptors (Lipinski definition) is 3. The van der Waals surface area contributed by atoms with Gasteiger partial charge in [-0.1, -0.05) is 12.1 Å². The standard InChI is InChI=1S/C11H9N3/c12-8-9-4-1-2-5-10(9)11-13-6-3-7-14-11/h1-6H,7H2,(H,13,14). The van der Waals surface area contributed by atoms with Gasteiger partial charge in [0.25, 0.3) is 0 Å². The lowest BCUT2D eigenvalue weighted by Gasteiger charge is -2.10. The predicted molar refractivity (Wildman–Crippen MR) is 54.8 cm³/mol. The molecular formula is C11H9N3. The molecule has 1 aromatic carbocycles. The number of hydrogen-bond donors (Lipinski definition) is 1. The third kappa shape index (κ3) is 1.50. The van der Waals surface area contributed by atoms with Crippen molar-refractivity contribution >= 4 is 5.84 Å². The highest BCUT2D eigenvalue weighted by Crippen LogP contribution is 2.08. The van der Waals surface area contributed by atoms with E-state index in [-0.39, 0.29) is 0 Å². The lowest BCUT2D eigenvalue weighted by molar-refractivity contribution is 1.10. The highest BCUT2D eigenvalue weighted by molar-refractivity contribution is 6.01. The molecule has 68 valence electrons. The minimum atomic E-state index is 0.647. The van der Waals surface area contributed by atoms with Crippen molar-refractivity contribution in [3.8, 4) is 6.07 Å². The third-order valence-electron chi connectivity index (χ3n) is 2.00. The number of rotatable bonds is 1. The van der Waals surface area contributed by atoms with Crippen LogP contribution in [0, 0.1) is 11.3 Å². The Morgan fingerprint density at radius 1 is 1.36 bits per heavy atom. The first-order valence-corrected chi connectivity index (χ1v) is 4.37. The Morgan fingerprint density at radius 3 is 2.93 bits per heavy atom. The van der Waals surface area contributed by atoms with Crippen LogP contribution in [0.1, 0.15) is 11.1 Å². The van der Waals surface area contributed by atoms with E-state index in [1.165, 1.54) is 0 Å². The summed E-state index contributed by atoms with van der Waals surface area (Å²) >= 11 is 0. The summed E-state index contributed by atoms with van der Waals surface area (Å²) in [7, 11) is 0. The zero-order valence-electron chi connectivity index (χ0n) is 7.57. The van der Waals surface area contributed by atoms with Gasteiger partial charge in [0.05, 0.1) is 18.2 Å². The minimum Gasteiger partial charge on any atom is -0.347 e. The molecule has 2 rings (SSSR count). The summed E-state index contributed by atoms with van der Waals surface area (Å²) in [6.07, 6.45) is 3.77. The molecule has 0 saturated heterocycles. The monoisotopic (exact) mass is 183 g/mol. The summed E-state index contributed by atoms with van der Waals surface area (Å²) in [6, 6.07) is 9.58. The molecule has 3 heteroatoms. The highest BCUT2D eigenvalue weighted by Gasteiger charge is 2.07. The number of nitrogens with one attached hydrogen (secondary N) is 1. The number of nitrogens with zero attached hydrogens (tertiary/aromatic N) is 2. The van der Waals surface area contributed by atoms with Crippen molar-refractivity contribution in [1.82, 2.24) is 5.32 Å². The quantitative estimate of drug-likeness (QED) is 0.715. The maximum Gasteiger partial charge on any atom is 0.133 e. The molecule has 1 aliphatic heterocycles. The summed E-state index contributed by atoms with van der Waals surface area (Å²) in [6.45, 7) is 0.669. The van der Waals surface area contributed by atoms with E-state index < -0.39 is 0 Å². The number of aliphatic imine (C=N–C) groups is 1. The molecule has 0 unspecified atom stereocenters. The lowest BCUT2D eigenvalue weighted by atomic mass is 10.1. The second-order valence-electron chi connectivity index (χ2n) is 2.89. The van der Waals surface area contributed by atoms with Crippen LogP contribution in [0.2, 0.25) is 0 Å². The van der Waals surface area contributed by atoms with Crippen LogP contribution in [-0.4, -0.2) is 12.4 Å². The molecule has 0 amide bonds. The smallest absolute Gasteiger partial charge is 0.133 e. The molecule has 14 heavy (non-hydrogen) atoms. The SMILES string of the molecule is N#Cc1ccccc1C1=NCC=CN1. The van der Waals surface area contributed by atoms with Crippen molar-refractivity contribution in [2.75, 3.05) is 6.54 Å². The molecule has 0 atom stereocenters. The average Bonchev–Trinajstić information content (AvgIpc) is 2.30. The molecule has 1 aromatic rings. The van der Waals surface area contributed by atoms with Gasteiger partial charge >= 0.3 is 0 Å². The summed E-state index contributed by atoms with van der Waals surface area (Å²) in [5, 5.41) is 11.9. The molecule has 0 aromatic heterocycles. The van der Waals surface area contributed by atoms with Crippen LogP contribution in [0.3, 0.4) is 0 Å². The number of benzene rings is 1.